The Hall–Kier alpha value is -2.56. The number of ether oxygens (including phenoxy) is 1. The number of aromatic nitrogens is 1. The van der Waals surface area contributed by atoms with Crippen LogP contribution in [0.25, 0.3) is 0 Å². The first-order valence-corrected chi connectivity index (χ1v) is 11.1. The van der Waals surface area contributed by atoms with Crippen molar-refractivity contribution >= 4 is 15.8 Å². The summed E-state index contributed by atoms with van der Waals surface area (Å²) >= 11 is 0. The number of aryl methyl sites for hydroxylation is 1. The van der Waals surface area contributed by atoms with Gasteiger partial charge in [0.2, 0.25) is 5.88 Å². The maximum absolute atomic E-state index is 10.5. The number of hydrogen-bond donors (Lipinski definition) is 1. The van der Waals surface area contributed by atoms with Crippen LogP contribution >= 0.6 is 0 Å². The Morgan fingerprint density at radius 2 is 1.77 bits per heavy atom. The zero-order chi connectivity index (χ0) is 22.3. The summed E-state index contributed by atoms with van der Waals surface area (Å²) in [6.45, 7) is 8.27. The quantitative estimate of drug-likeness (QED) is 0.428. The van der Waals surface area contributed by atoms with Crippen LogP contribution in [0.15, 0.2) is 47.5 Å². The zero-order valence-electron chi connectivity index (χ0n) is 17.3. The molecule has 10 heteroatoms. The van der Waals surface area contributed by atoms with Gasteiger partial charge in [0.15, 0.2) is 0 Å². The highest BCUT2D eigenvalue weighted by molar-refractivity contribution is 7.85. The van der Waals surface area contributed by atoms with E-state index in [0.717, 1.165) is 31.5 Å². The van der Waals surface area contributed by atoms with E-state index in [9.17, 15) is 18.5 Å². The lowest BCUT2D eigenvalue weighted by Gasteiger charge is -2.34. The summed E-state index contributed by atoms with van der Waals surface area (Å²) in [5.41, 5.74) is 0.944. The number of benzene rings is 1. The van der Waals surface area contributed by atoms with Gasteiger partial charge in [-0.1, -0.05) is 17.7 Å². The van der Waals surface area contributed by atoms with E-state index in [0.29, 0.717) is 11.9 Å². The molecule has 30 heavy (non-hydrogen) atoms. The van der Waals surface area contributed by atoms with Crippen molar-refractivity contribution in [2.24, 2.45) is 0 Å². The standard InChI is InChI=1S/C13H19N3O3.C7H8O3S/c1-10(2)15-7-5-12(6-8-15)19-13-4-3-11(9-14-13)16(17)18;1-6-2-4-7(5-3-6)11(8,9)10/h3-4,9-10,12H,5-8H2,1-2H3;2-5H,1H3,(H,8,9,10). The molecule has 0 aliphatic carbocycles. The minimum atomic E-state index is -4.02. The molecule has 1 fully saturated rings. The van der Waals surface area contributed by atoms with Gasteiger partial charge in [-0.15, -0.1) is 0 Å². The topological polar surface area (TPSA) is 123 Å². The predicted molar refractivity (Wildman–Crippen MR) is 112 cm³/mol. The van der Waals surface area contributed by atoms with Crippen LogP contribution in [0.4, 0.5) is 5.69 Å². The molecule has 0 radical (unpaired) electrons. The monoisotopic (exact) mass is 437 g/mol. The van der Waals surface area contributed by atoms with E-state index in [1.165, 1.54) is 24.4 Å². The highest BCUT2D eigenvalue weighted by atomic mass is 32.2. The molecule has 0 bridgehead atoms. The fourth-order valence-electron chi connectivity index (χ4n) is 2.94. The third-order valence-electron chi connectivity index (χ3n) is 4.74. The molecule has 1 aromatic heterocycles. The minimum Gasteiger partial charge on any atom is -0.474 e. The third kappa shape index (κ3) is 7.36. The number of likely N-dealkylation sites (tertiary alicyclic amines) is 1. The zero-order valence-corrected chi connectivity index (χ0v) is 18.1. The van der Waals surface area contributed by atoms with E-state index in [2.05, 4.69) is 23.7 Å². The molecule has 1 aromatic carbocycles. The first kappa shape index (κ1) is 23.7. The normalized spacial score (nSPS) is 15.4. The molecule has 0 saturated carbocycles. The molecule has 0 spiro atoms. The molecule has 164 valence electrons. The van der Waals surface area contributed by atoms with Gasteiger partial charge >= 0.3 is 0 Å². The van der Waals surface area contributed by atoms with Crippen molar-refractivity contribution in [3.05, 3.63) is 58.3 Å². The molecular formula is C20H27N3O6S. The molecule has 0 amide bonds. The fraction of sp³-hybridized carbons (Fsp3) is 0.450. The van der Waals surface area contributed by atoms with Crippen LogP contribution in [0.3, 0.4) is 0 Å². The van der Waals surface area contributed by atoms with Crippen LogP contribution in [0.2, 0.25) is 0 Å². The van der Waals surface area contributed by atoms with Crippen LogP contribution in [0.1, 0.15) is 32.3 Å². The minimum absolute atomic E-state index is 0.0121. The summed E-state index contributed by atoms with van der Waals surface area (Å²) < 4.78 is 35.3. The molecule has 0 unspecified atom stereocenters. The molecule has 1 aliphatic rings. The summed E-state index contributed by atoms with van der Waals surface area (Å²) in [7, 11) is -4.02. The van der Waals surface area contributed by atoms with Crippen molar-refractivity contribution in [1.29, 1.82) is 0 Å². The second-order valence-electron chi connectivity index (χ2n) is 7.35. The summed E-state index contributed by atoms with van der Waals surface area (Å²) in [5.74, 6) is 0.466. The number of hydrogen-bond acceptors (Lipinski definition) is 7. The van der Waals surface area contributed by atoms with Crippen LogP contribution < -0.4 is 4.74 Å². The number of rotatable bonds is 5. The lowest BCUT2D eigenvalue weighted by Crippen LogP contribution is -2.41. The SMILES string of the molecule is CC(C)N1CCC(Oc2ccc([N+](=O)[O-])cn2)CC1.Cc1ccc(S(=O)(=O)O)cc1. The van der Waals surface area contributed by atoms with Crippen LogP contribution in [-0.4, -0.2) is 53.0 Å². The molecule has 2 heterocycles. The van der Waals surface area contributed by atoms with Crippen molar-refractivity contribution in [2.75, 3.05) is 13.1 Å². The lowest BCUT2D eigenvalue weighted by atomic mass is 10.1. The van der Waals surface area contributed by atoms with Gasteiger partial charge in [-0.25, -0.2) is 4.98 Å². The Labute approximate surface area is 176 Å². The van der Waals surface area contributed by atoms with Crippen LogP contribution in [0.5, 0.6) is 5.88 Å². The van der Waals surface area contributed by atoms with Crippen LogP contribution in [0, 0.1) is 17.0 Å². The summed E-state index contributed by atoms with van der Waals surface area (Å²) in [5, 5.41) is 10.5. The second-order valence-corrected chi connectivity index (χ2v) is 8.77. The van der Waals surface area contributed by atoms with Gasteiger partial charge in [0.25, 0.3) is 15.8 Å². The second kappa shape index (κ2) is 10.5. The van der Waals surface area contributed by atoms with Gasteiger partial charge in [-0.3, -0.25) is 14.7 Å². The molecule has 1 aliphatic heterocycles. The van der Waals surface area contributed by atoms with E-state index in [-0.39, 0.29) is 16.7 Å². The van der Waals surface area contributed by atoms with Gasteiger partial charge in [-0.05, 0) is 45.7 Å². The van der Waals surface area contributed by atoms with Crippen molar-refractivity contribution in [3.8, 4) is 5.88 Å². The molecule has 0 atom stereocenters. The summed E-state index contributed by atoms with van der Waals surface area (Å²) in [6, 6.07) is 9.54. The largest absolute Gasteiger partial charge is 0.474 e. The Kier molecular flexibility index (Phi) is 8.27. The molecule has 3 rings (SSSR count). The van der Waals surface area contributed by atoms with Crippen molar-refractivity contribution in [1.82, 2.24) is 9.88 Å². The number of pyridine rings is 1. The van der Waals surface area contributed by atoms with Crippen molar-refractivity contribution < 1.29 is 22.6 Å². The maximum atomic E-state index is 10.5. The summed E-state index contributed by atoms with van der Waals surface area (Å²) in [6.07, 6.45) is 3.33. The highest BCUT2D eigenvalue weighted by Crippen LogP contribution is 2.20. The average Bonchev–Trinajstić information content (AvgIpc) is 2.69. The lowest BCUT2D eigenvalue weighted by molar-refractivity contribution is -0.385. The fourth-order valence-corrected chi connectivity index (χ4v) is 3.42. The van der Waals surface area contributed by atoms with Gasteiger partial charge < -0.3 is 9.64 Å². The van der Waals surface area contributed by atoms with E-state index in [4.69, 9.17) is 9.29 Å². The number of nitrogens with zero attached hydrogens (tertiary/aromatic N) is 3. The number of piperidine rings is 1. The predicted octanol–water partition coefficient (Wildman–Crippen LogP) is 3.48. The van der Waals surface area contributed by atoms with Crippen LogP contribution in [-0.2, 0) is 10.1 Å². The van der Waals surface area contributed by atoms with Gasteiger partial charge in [0.05, 0.1) is 9.82 Å². The highest BCUT2D eigenvalue weighted by Gasteiger charge is 2.22. The van der Waals surface area contributed by atoms with E-state index < -0.39 is 15.0 Å². The van der Waals surface area contributed by atoms with Crippen molar-refractivity contribution in [3.63, 3.8) is 0 Å². The average molecular weight is 438 g/mol. The Balaban J connectivity index is 0.000000248. The van der Waals surface area contributed by atoms with E-state index in [1.807, 2.05) is 6.92 Å². The van der Waals surface area contributed by atoms with Gasteiger partial charge in [0.1, 0.15) is 12.3 Å². The smallest absolute Gasteiger partial charge is 0.294 e. The maximum Gasteiger partial charge on any atom is 0.294 e. The Morgan fingerprint density at radius 3 is 2.20 bits per heavy atom. The first-order valence-electron chi connectivity index (χ1n) is 9.61. The molecule has 1 N–H and O–H groups in total. The molecule has 9 nitrogen and oxygen atoms in total. The third-order valence-corrected chi connectivity index (χ3v) is 5.61. The Bertz CT molecular complexity index is 922. The van der Waals surface area contributed by atoms with Gasteiger partial charge in [0, 0.05) is 31.3 Å². The van der Waals surface area contributed by atoms with E-state index >= 15 is 0 Å². The Morgan fingerprint density at radius 1 is 1.17 bits per heavy atom. The molecule has 2 aromatic rings. The van der Waals surface area contributed by atoms with Crippen molar-refractivity contribution in [2.45, 2.75) is 50.7 Å². The first-order chi connectivity index (χ1) is 14.1. The molecule has 1 saturated heterocycles. The number of nitro groups is 1. The summed E-state index contributed by atoms with van der Waals surface area (Å²) in [4.78, 5) is 16.4. The molecular weight excluding hydrogens is 410 g/mol. The van der Waals surface area contributed by atoms with Gasteiger partial charge in [-0.2, -0.15) is 8.42 Å². The van der Waals surface area contributed by atoms with E-state index in [1.54, 1.807) is 18.2 Å².